The van der Waals surface area contributed by atoms with Gasteiger partial charge in [0.2, 0.25) is 5.91 Å². The van der Waals surface area contributed by atoms with Crippen LogP contribution in [-0.4, -0.2) is 46.5 Å². The number of amides is 2. The van der Waals surface area contributed by atoms with Crippen LogP contribution >= 0.6 is 0 Å². The smallest absolute Gasteiger partial charge is 0.277 e. The second kappa shape index (κ2) is 4.34. The summed E-state index contributed by atoms with van der Waals surface area (Å²) in [5, 5.41) is 3.58. The molecule has 16 heavy (non-hydrogen) atoms. The fourth-order valence-corrected chi connectivity index (χ4v) is 1.67. The second-order valence-electron chi connectivity index (χ2n) is 3.61. The monoisotopic (exact) mass is 223 g/mol. The van der Waals surface area contributed by atoms with Crippen molar-refractivity contribution in [3.05, 3.63) is 18.0 Å². The van der Waals surface area contributed by atoms with Gasteiger partial charge >= 0.3 is 0 Å². The highest BCUT2D eigenvalue weighted by Gasteiger charge is 2.28. The van der Waals surface area contributed by atoms with Crippen molar-refractivity contribution >= 4 is 11.8 Å². The molecule has 0 spiro atoms. The average molecular weight is 223 g/mol. The van der Waals surface area contributed by atoms with Gasteiger partial charge in [0.05, 0.1) is 6.67 Å². The Labute approximate surface area is 92.8 Å². The summed E-state index contributed by atoms with van der Waals surface area (Å²) >= 11 is 0. The SMILES string of the molecule is CCC(=O)N1CCN(C(=O)c2ccon2)C1. The van der Waals surface area contributed by atoms with Crippen LogP contribution in [0.5, 0.6) is 0 Å². The van der Waals surface area contributed by atoms with E-state index >= 15 is 0 Å². The topological polar surface area (TPSA) is 66.7 Å². The lowest BCUT2D eigenvalue weighted by molar-refractivity contribution is -0.130. The van der Waals surface area contributed by atoms with E-state index in [0.717, 1.165) is 0 Å². The van der Waals surface area contributed by atoms with Gasteiger partial charge in [0, 0.05) is 25.6 Å². The molecule has 1 saturated heterocycles. The van der Waals surface area contributed by atoms with Crippen LogP contribution in [0.15, 0.2) is 16.9 Å². The highest BCUT2D eigenvalue weighted by Crippen LogP contribution is 2.10. The maximum absolute atomic E-state index is 11.8. The number of rotatable bonds is 2. The van der Waals surface area contributed by atoms with E-state index < -0.39 is 0 Å². The second-order valence-corrected chi connectivity index (χ2v) is 3.61. The molecule has 2 rings (SSSR count). The number of hydrogen-bond donors (Lipinski definition) is 0. The molecule has 2 heterocycles. The molecular weight excluding hydrogens is 210 g/mol. The van der Waals surface area contributed by atoms with Crippen molar-refractivity contribution in [2.75, 3.05) is 19.8 Å². The van der Waals surface area contributed by atoms with Crippen LogP contribution in [0.2, 0.25) is 0 Å². The van der Waals surface area contributed by atoms with Gasteiger partial charge in [0.25, 0.3) is 5.91 Å². The van der Waals surface area contributed by atoms with E-state index in [1.165, 1.54) is 12.3 Å². The van der Waals surface area contributed by atoms with Gasteiger partial charge < -0.3 is 14.3 Å². The first-order valence-electron chi connectivity index (χ1n) is 5.19. The van der Waals surface area contributed by atoms with E-state index in [9.17, 15) is 9.59 Å². The van der Waals surface area contributed by atoms with Crippen molar-refractivity contribution in [2.45, 2.75) is 13.3 Å². The molecule has 0 aliphatic carbocycles. The third kappa shape index (κ3) is 1.91. The predicted octanol–water partition coefficient (Wildman–Crippen LogP) is 0.327. The van der Waals surface area contributed by atoms with E-state index in [2.05, 4.69) is 9.68 Å². The van der Waals surface area contributed by atoms with Gasteiger partial charge in [-0.3, -0.25) is 9.59 Å². The molecule has 2 amide bonds. The molecule has 0 bridgehead atoms. The normalized spacial score (nSPS) is 15.6. The Kier molecular flexibility index (Phi) is 2.89. The largest absolute Gasteiger partial charge is 0.364 e. The molecule has 0 aromatic carbocycles. The molecule has 0 atom stereocenters. The summed E-state index contributed by atoms with van der Waals surface area (Å²) in [5.41, 5.74) is 0.283. The number of nitrogens with zero attached hydrogens (tertiary/aromatic N) is 3. The maximum Gasteiger partial charge on any atom is 0.277 e. The minimum absolute atomic E-state index is 0.0652. The molecule has 6 nitrogen and oxygen atoms in total. The fraction of sp³-hybridized carbons (Fsp3) is 0.500. The molecule has 0 N–H and O–H groups in total. The first kappa shape index (κ1) is 10.7. The van der Waals surface area contributed by atoms with Crippen molar-refractivity contribution < 1.29 is 14.1 Å². The lowest BCUT2D eigenvalue weighted by Crippen LogP contribution is -2.33. The highest BCUT2D eigenvalue weighted by atomic mass is 16.5. The summed E-state index contributed by atoms with van der Waals surface area (Å²) in [6.07, 6.45) is 1.82. The fourth-order valence-electron chi connectivity index (χ4n) is 1.67. The number of aromatic nitrogens is 1. The zero-order chi connectivity index (χ0) is 11.5. The van der Waals surface area contributed by atoms with E-state index in [-0.39, 0.29) is 17.5 Å². The van der Waals surface area contributed by atoms with Gasteiger partial charge in [-0.2, -0.15) is 0 Å². The Bertz CT molecular complexity index is 388. The van der Waals surface area contributed by atoms with Crippen molar-refractivity contribution in [3.8, 4) is 0 Å². The molecule has 0 saturated carbocycles. The van der Waals surface area contributed by atoms with Crippen molar-refractivity contribution in [1.82, 2.24) is 15.0 Å². The summed E-state index contributed by atoms with van der Waals surface area (Å²) in [6, 6.07) is 1.52. The Morgan fingerprint density at radius 3 is 2.81 bits per heavy atom. The summed E-state index contributed by atoms with van der Waals surface area (Å²) < 4.78 is 4.61. The van der Waals surface area contributed by atoms with E-state index in [1.807, 2.05) is 6.92 Å². The zero-order valence-corrected chi connectivity index (χ0v) is 9.05. The Hall–Kier alpha value is -1.85. The van der Waals surface area contributed by atoms with Gasteiger partial charge in [-0.1, -0.05) is 12.1 Å². The minimum Gasteiger partial charge on any atom is -0.364 e. The first-order chi connectivity index (χ1) is 7.72. The molecule has 1 aliphatic heterocycles. The van der Waals surface area contributed by atoms with Crippen LogP contribution in [-0.2, 0) is 4.79 Å². The van der Waals surface area contributed by atoms with Crippen molar-refractivity contribution in [3.63, 3.8) is 0 Å². The first-order valence-corrected chi connectivity index (χ1v) is 5.19. The molecule has 0 unspecified atom stereocenters. The summed E-state index contributed by atoms with van der Waals surface area (Å²) in [7, 11) is 0. The molecule has 6 heteroatoms. The summed E-state index contributed by atoms with van der Waals surface area (Å²) in [6.45, 7) is 3.30. The van der Waals surface area contributed by atoms with Crippen molar-refractivity contribution in [2.24, 2.45) is 0 Å². The van der Waals surface area contributed by atoms with Gasteiger partial charge in [0.1, 0.15) is 6.26 Å². The molecule has 1 aromatic rings. The average Bonchev–Trinajstić information content (AvgIpc) is 2.97. The summed E-state index contributed by atoms with van der Waals surface area (Å²) in [4.78, 5) is 26.5. The number of hydrogen-bond acceptors (Lipinski definition) is 4. The van der Waals surface area contributed by atoms with Crippen molar-refractivity contribution in [1.29, 1.82) is 0 Å². The zero-order valence-electron chi connectivity index (χ0n) is 9.05. The van der Waals surface area contributed by atoms with Gasteiger partial charge in [-0.25, -0.2) is 0 Å². The van der Waals surface area contributed by atoms with Gasteiger partial charge in [-0.15, -0.1) is 0 Å². The van der Waals surface area contributed by atoms with E-state index in [0.29, 0.717) is 26.2 Å². The Balaban J connectivity index is 1.99. The van der Waals surface area contributed by atoms with Crippen LogP contribution < -0.4 is 0 Å². The number of carbonyl (C=O) groups excluding carboxylic acids is 2. The Morgan fingerprint density at radius 1 is 1.44 bits per heavy atom. The van der Waals surface area contributed by atoms with Gasteiger partial charge in [-0.05, 0) is 0 Å². The van der Waals surface area contributed by atoms with Crippen LogP contribution in [0, 0.1) is 0 Å². The molecule has 0 radical (unpaired) electrons. The van der Waals surface area contributed by atoms with Crippen LogP contribution in [0.25, 0.3) is 0 Å². The maximum atomic E-state index is 11.8. The van der Waals surface area contributed by atoms with E-state index in [4.69, 9.17) is 0 Å². The summed E-state index contributed by atoms with van der Waals surface area (Å²) in [5.74, 6) is -0.129. The number of carbonyl (C=O) groups is 2. The van der Waals surface area contributed by atoms with Crippen LogP contribution in [0.1, 0.15) is 23.8 Å². The Morgan fingerprint density at radius 2 is 2.19 bits per heavy atom. The molecule has 1 aromatic heterocycles. The molecule has 1 fully saturated rings. The quantitative estimate of drug-likeness (QED) is 0.724. The van der Waals surface area contributed by atoms with Crippen LogP contribution in [0.3, 0.4) is 0 Å². The van der Waals surface area contributed by atoms with E-state index in [1.54, 1.807) is 9.80 Å². The molecule has 86 valence electrons. The molecular formula is C10H13N3O3. The third-order valence-corrected chi connectivity index (χ3v) is 2.58. The lowest BCUT2D eigenvalue weighted by atomic mass is 10.4. The minimum atomic E-state index is -0.194. The standard InChI is InChI=1S/C10H13N3O3/c1-2-9(14)12-4-5-13(7-12)10(15)8-3-6-16-11-8/h3,6H,2,4-5,7H2,1H3. The lowest BCUT2D eigenvalue weighted by Gasteiger charge is -2.16. The predicted molar refractivity (Wildman–Crippen MR) is 54.4 cm³/mol. The molecule has 1 aliphatic rings. The highest BCUT2D eigenvalue weighted by molar-refractivity contribution is 5.92. The van der Waals surface area contributed by atoms with Crippen LogP contribution in [0.4, 0.5) is 0 Å². The van der Waals surface area contributed by atoms with Gasteiger partial charge in [0.15, 0.2) is 5.69 Å². The third-order valence-electron chi connectivity index (χ3n) is 2.58.